The van der Waals surface area contributed by atoms with Crippen molar-refractivity contribution >= 4 is 0 Å². The largest absolute Gasteiger partial charge is 1.00 e. The lowest BCUT2D eigenvalue weighted by atomic mass is 10.1. The normalized spacial score (nSPS) is 10.4. The van der Waals surface area contributed by atoms with Crippen LogP contribution in [-0.2, 0) is 0 Å². The Labute approximate surface area is 222 Å². The molecule has 33 heavy (non-hydrogen) atoms. The van der Waals surface area contributed by atoms with Gasteiger partial charge in [0.15, 0.2) is 0 Å². The smallest absolute Gasteiger partial charge is 0.0766 e. The molecular weight excluding hydrogens is 472 g/mol. The fraction of sp³-hybridized carbons (Fsp3) is 1.00. The van der Waals surface area contributed by atoms with Crippen molar-refractivity contribution in [2.45, 2.75) is 142 Å². The Balaban J connectivity index is -0.000000230. The summed E-state index contributed by atoms with van der Waals surface area (Å²) in [5.74, 6) is 0. The standard InChI is InChI=1S/2C14H31N.CH3O.BrH/c2*1-4-5-6-7-8-9-10-11-12-13-14-15(2)3;1-2;/h2*4-14H2,1-3H3;1H3;1H/q;;-1;/p+1. The van der Waals surface area contributed by atoms with Crippen LogP contribution >= 0.6 is 0 Å². The summed E-state index contributed by atoms with van der Waals surface area (Å²) in [5, 5.41) is 8.25. The number of rotatable bonds is 22. The van der Waals surface area contributed by atoms with Gasteiger partial charge < -0.3 is 31.9 Å². The van der Waals surface area contributed by atoms with Crippen LogP contribution in [0.3, 0.4) is 0 Å². The quantitative estimate of drug-likeness (QED) is 0.203. The fourth-order valence-corrected chi connectivity index (χ4v) is 3.93. The second kappa shape index (κ2) is 39.6. The van der Waals surface area contributed by atoms with Crippen LogP contribution in [0.4, 0.5) is 0 Å². The van der Waals surface area contributed by atoms with E-state index in [1.165, 1.54) is 142 Å². The highest BCUT2D eigenvalue weighted by Gasteiger charge is 1.96. The van der Waals surface area contributed by atoms with Gasteiger partial charge in [0, 0.05) is 0 Å². The third kappa shape index (κ3) is 50.3. The molecule has 0 rings (SSSR count). The first-order valence-electron chi connectivity index (χ1n) is 14.5. The summed E-state index contributed by atoms with van der Waals surface area (Å²) in [6.07, 6.45) is 28.9. The van der Waals surface area contributed by atoms with E-state index in [1.54, 1.807) is 9.80 Å². The predicted octanol–water partition coefficient (Wildman–Crippen LogP) is 2.08. The van der Waals surface area contributed by atoms with Gasteiger partial charge in [-0.2, -0.15) is 7.11 Å². The minimum atomic E-state index is 0. The Morgan fingerprint density at radius 2 is 0.545 bits per heavy atom. The van der Waals surface area contributed by atoms with Crippen LogP contribution < -0.4 is 31.9 Å². The van der Waals surface area contributed by atoms with Crippen LogP contribution in [0, 0.1) is 0 Å². The maximum atomic E-state index is 8.25. The van der Waals surface area contributed by atoms with Crippen LogP contribution in [0.5, 0.6) is 0 Å². The third-order valence-corrected chi connectivity index (χ3v) is 6.06. The summed E-state index contributed by atoms with van der Waals surface area (Å²) in [6, 6.07) is 0. The molecule has 0 bridgehead atoms. The molecule has 0 atom stereocenters. The van der Waals surface area contributed by atoms with E-state index in [4.69, 9.17) is 5.11 Å². The molecule has 206 valence electrons. The van der Waals surface area contributed by atoms with Gasteiger partial charge in [0.1, 0.15) is 0 Å². The van der Waals surface area contributed by atoms with E-state index in [1.807, 2.05) is 0 Å². The van der Waals surface area contributed by atoms with Crippen LogP contribution in [-0.4, -0.2) is 48.4 Å². The second-order valence-corrected chi connectivity index (χ2v) is 10.3. The van der Waals surface area contributed by atoms with E-state index < -0.39 is 0 Å². The molecule has 0 aliphatic heterocycles. The van der Waals surface area contributed by atoms with E-state index >= 15 is 0 Å². The summed E-state index contributed by atoms with van der Waals surface area (Å²) >= 11 is 0. The SMILES string of the molecule is CCCCCCCCCCCC[NH+](C)C.CCCCCCCCCCCC[NH+](C)C.C[O-].[Br-]. The van der Waals surface area contributed by atoms with Crippen molar-refractivity contribution in [3.63, 3.8) is 0 Å². The average Bonchev–Trinajstić information content (AvgIpc) is 2.78. The summed E-state index contributed by atoms with van der Waals surface area (Å²) in [7, 11) is 9.73. The Morgan fingerprint density at radius 3 is 0.727 bits per heavy atom. The highest BCUT2D eigenvalue weighted by atomic mass is 79.9. The average molecular weight is 540 g/mol. The van der Waals surface area contributed by atoms with E-state index in [0.717, 1.165) is 7.11 Å². The number of halogens is 1. The maximum absolute atomic E-state index is 8.25. The molecule has 0 unspecified atom stereocenters. The molecule has 0 fully saturated rings. The molecule has 3 nitrogen and oxygen atoms in total. The summed E-state index contributed by atoms with van der Waals surface area (Å²) in [5.41, 5.74) is 0. The van der Waals surface area contributed by atoms with Gasteiger partial charge in [0.25, 0.3) is 0 Å². The van der Waals surface area contributed by atoms with Gasteiger partial charge in [0.05, 0.1) is 41.3 Å². The molecule has 0 aromatic carbocycles. The second-order valence-electron chi connectivity index (χ2n) is 10.3. The predicted molar refractivity (Wildman–Crippen MR) is 145 cm³/mol. The molecule has 0 amide bonds. The van der Waals surface area contributed by atoms with E-state index in [9.17, 15) is 0 Å². The molecule has 0 spiro atoms. The topological polar surface area (TPSA) is 31.9 Å². The summed E-state index contributed by atoms with van der Waals surface area (Å²) in [4.78, 5) is 3.18. The Hall–Kier alpha value is 0.360. The molecule has 0 saturated heterocycles. The summed E-state index contributed by atoms with van der Waals surface area (Å²) < 4.78 is 0. The zero-order chi connectivity index (χ0) is 24.7. The molecule has 0 aromatic rings. The van der Waals surface area contributed by atoms with Gasteiger partial charge in [-0.3, -0.25) is 0 Å². The fourth-order valence-electron chi connectivity index (χ4n) is 3.93. The zero-order valence-corrected chi connectivity index (χ0v) is 25.9. The Bertz CT molecular complexity index is 261. The van der Waals surface area contributed by atoms with Crippen LogP contribution in [0.2, 0.25) is 0 Å². The van der Waals surface area contributed by atoms with Crippen molar-refractivity contribution in [2.75, 3.05) is 48.4 Å². The van der Waals surface area contributed by atoms with Crippen molar-refractivity contribution in [2.24, 2.45) is 0 Å². The van der Waals surface area contributed by atoms with Gasteiger partial charge in [-0.15, -0.1) is 0 Å². The first kappa shape index (κ1) is 40.5. The van der Waals surface area contributed by atoms with Gasteiger partial charge in [-0.1, -0.05) is 117 Å². The Kier molecular flexibility index (Phi) is 48.6. The van der Waals surface area contributed by atoms with Crippen LogP contribution in [0.25, 0.3) is 0 Å². The molecule has 4 heteroatoms. The monoisotopic (exact) mass is 538 g/mol. The lowest BCUT2D eigenvalue weighted by Crippen LogP contribution is -3.05. The molecule has 0 radical (unpaired) electrons. The van der Waals surface area contributed by atoms with Gasteiger partial charge in [-0.25, -0.2) is 0 Å². The maximum Gasteiger partial charge on any atom is 0.0766 e. The number of hydrogen-bond donors (Lipinski definition) is 2. The molecule has 0 aliphatic rings. The van der Waals surface area contributed by atoms with E-state index in [0.29, 0.717) is 0 Å². The molecule has 0 aromatic heterocycles. The van der Waals surface area contributed by atoms with Gasteiger partial charge >= 0.3 is 0 Å². The molecule has 0 heterocycles. The minimum Gasteiger partial charge on any atom is -1.00 e. The van der Waals surface area contributed by atoms with Crippen LogP contribution in [0.1, 0.15) is 142 Å². The molecular formula is C29H67BrN2O. The van der Waals surface area contributed by atoms with Crippen molar-refractivity contribution in [1.29, 1.82) is 0 Å². The zero-order valence-electron chi connectivity index (χ0n) is 24.3. The minimum absolute atomic E-state index is 0. The lowest BCUT2D eigenvalue weighted by molar-refractivity contribution is -0.858. The highest BCUT2D eigenvalue weighted by molar-refractivity contribution is 4.47. The Morgan fingerprint density at radius 1 is 0.364 bits per heavy atom. The van der Waals surface area contributed by atoms with E-state index in [2.05, 4.69) is 42.0 Å². The van der Waals surface area contributed by atoms with Gasteiger partial charge in [-0.05, 0) is 25.7 Å². The summed E-state index contributed by atoms with van der Waals surface area (Å²) in [6.45, 7) is 7.26. The first-order chi connectivity index (χ1) is 15.5. The number of nitrogens with one attached hydrogen (secondary N) is 2. The van der Waals surface area contributed by atoms with Crippen molar-refractivity contribution < 1.29 is 31.9 Å². The lowest BCUT2D eigenvalue weighted by Gasteiger charge is -2.06. The molecule has 2 N–H and O–H groups in total. The van der Waals surface area contributed by atoms with Crippen molar-refractivity contribution in [1.82, 2.24) is 0 Å². The third-order valence-electron chi connectivity index (χ3n) is 6.06. The number of quaternary nitrogens is 2. The van der Waals surface area contributed by atoms with Crippen molar-refractivity contribution in [3.8, 4) is 0 Å². The molecule has 0 saturated carbocycles. The number of unbranched alkanes of at least 4 members (excludes halogenated alkanes) is 18. The van der Waals surface area contributed by atoms with Crippen LogP contribution in [0.15, 0.2) is 0 Å². The van der Waals surface area contributed by atoms with Gasteiger partial charge in [0.2, 0.25) is 0 Å². The van der Waals surface area contributed by atoms with E-state index in [-0.39, 0.29) is 17.0 Å². The first-order valence-corrected chi connectivity index (χ1v) is 14.5. The molecule has 0 aliphatic carbocycles. The van der Waals surface area contributed by atoms with Crippen molar-refractivity contribution in [3.05, 3.63) is 0 Å². The number of hydrogen-bond acceptors (Lipinski definition) is 1. The highest BCUT2D eigenvalue weighted by Crippen LogP contribution is 2.10.